The average Bonchev–Trinajstić information content (AvgIpc) is 2.59. The number of carbonyl (C=O) groups is 1. The van der Waals surface area contributed by atoms with Crippen LogP contribution in [0, 0.1) is 0 Å². The fraction of sp³-hybridized carbons (Fsp3) is 0.381. The molecule has 0 heterocycles. The summed E-state index contributed by atoms with van der Waals surface area (Å²) in [6.07, 6.45) is 2.38. The van der Waals surface area contributed by atoms with Gasteiger partial charge in [-0.25, -0.2) is 0 Å². The Labute approximate surface area is 152 Å². The average molecular weight is 346 g/mol. The van der Waals surface area contributed by atoms with Crippen molar-refractivity contribution < 1.29 is 4.79 Å². The minimum atomic E-state index is -0.534. The number of benzene rings is 2. The lowest BCUT2D eigenvalue weighted by Crippen LogP contribution is -2.38. The van der Waals surface area contributed by atoms with Crippen molar-refractivity contribution in [3.8, 4) is 0 Å². The van der Waals surface area contributed by atoms with Crippen LogP contribution in [0.2, 0.25) is 0 Å². The lowest BCUT2D eigenvalue weighted by atomic mass is 9.67. The molecule has 24 heavy (non-hydrogen) atoms. The van der Waals surface area contributed by atoms with Crippen LogP contribution in [0.25, 0.3) is 0 Å². The topological polar surface area (TPSA) is 20.3 Å². The molecule has 0 saturated carbocycles. The summed E-state index contributed by atoms with van der Waals surface area (Å²) >= 11 is 0. The molecule has 0 aromatic heterocycles. The zero-order valence-corrected chi connectivity index (χ0v) is 15.7. The molecule has 2 aromatic rings. The minimum absolute atomic E-state index is 0. The van der Waals surface area contributed by atoms with Crippen molar-refractivity contribution in [2.45, 2.75) is 31.6 Å². The van der Waals surface area contributed by atoms with E-state index in [4.69, 9.17) is 0 Å². The molecule has 130 valence electrons. The number of carbonyl (C=O) groups excluding carboxylic acids is 1. The Morgan fingerprint density at radius 3 is 1.75 bits per heavy atom. The largest absolute Gasteiger partial charge is 0.309 e. The molecular formula is C21H28ClNO. The molecular weight excluding hydrogens is 318 g/mol. The van der Waals surface area contributed by atoms with Crippen molar-refractivity contribution in [1.82, 2.24) is 4.90 Å². The maximum Gasteiger partial charge on any atom is 0.149 e. The molecule has 0 amide bonds. The van der Waals surface area contributed by atoms with E-state index in [1.807, 2.05) is 50.5 Å². The van der Waals surface area contributed by atoms with Crippen molar-refractivity contribution in [1.29, 1.82) is 0 Å². The van der Waals surface area contributed by atoms with E-state index in [1.165, 1.54) is 0 Å². The summed E-state index contributed by atoms with van der Waals surface area (Å²) in [5.41, 5.74) is 1.68. The summed E-state index contributed by atoms with van der Waals surface area (Å²) in [4.78, 5) is 15.4. The highest BCUT2D eigenvalue weighted by atomic mass is 35.5. The van der Waals surface area contributed by atoms with Gasteiger partial charge >= 0.3 is 0 Å². The van der Waals surface area contributed by atoms with Crippen molar-refractivity contribution in [3.63, 3.8) is 0 Å². The molecule has 2 aromatic carbocycles. The van der Waals surface area contributed by atoms with Crippen LogP contribution in [-0.4, -0.2) is 31.3 Å². The van der Waals surface area contributed by atoms with Crippen LogP contribution in [0.4, 0.5) is 0 Å². The Balaban J connectivity index is 0.00000288. The van der Waals surface area contributed by atoms with Crippen LogP contribution in [0.15, 0.2) is 60.7 Å². The van der Waals surface area contributed by atoms with E-state index in [0.29, 0.717) is 12.2 Å². The quantitative estimate of drug-likeness (QED) is 0.690. The summed E-state index contributed by atoms with van der Waals surface area (Å²) in [5.74, 6) is 0.311. The van der Waals surface area contributed by atoms with Gasteiger partial charge in [-0.2, -0.15) is 0 Å². The fourth-order valence-corrected chi connectivity index (χ4v) is 3.28. The lowest BCUT2D eigenvalue weighted by molar-refractivity contribution is -0.123. The number of halogens is 1. The Morgan fingerprint density at radius 1 is 0.917 bits per heavy atom. The normalized spacial score (nSPS) is 11.2. The highest BCUT2D eigenvalue weighted by Crippen LogP contribution is 2.38. The van der Waals surface area contributed by atoms with Gasteiger partial charge in [0.25, 0.3) is 0 Å². The van der Waals surface area contributed by atoms with E-state index in [-0.39, 0.29) is 12.4 Å². The zero-order chi connectivity index (χ0) is 16.7. The summed E-state index contributed by atoms with van der Waals surface area (Å²) in [6.45, 7) is 2.93. The first-order chi connectivity index (χ1) is 11.1. The molecule has 2 nitrogen and oxygen atoms in total. The molecule has 0 aliphatic carbocycles. The summed E-state index contributed by atoms with van der Waals surface area (Å²) < 4.78 is 0. The molecule has 0 aliphatic heterocycles. The van der Waals surface area contributed by atoms with Crippen molar-refractivity contribution >= 4 is 18.2 Å². The molecule has 2 rings (SSSR count). The Hall–Kier alpha value is -1.64. The highest BCUT2D eigenvalue weighted by molar-refractivity contribution is 5.94. The van der Waals surface area contributed by atoms with Crippen LogP contribution in [0.1, 0.15) is 37.3 Å². The van der Waals surface area contributed by atoms with Crippen LogP contribution in [-0.2, 0) is 10.2 Å². The van der Waals surface area contributed by atoms with Crippen molar-refractivity contribution in [3.05, 3.63) is 71.8 Å². The number of hydrogen-bond donors (Lipinski definition) is 0. The molecule has 0 atom stereocenters. The fourth-order valence-electron chi connectivity index (χ4n) is 3.28. The second kappa shape index (κ2) is 9.61. The third-order valence-corrected chi connectivity index (χ3v) is 4.42. The minimum Gasteiger partial charge on any atom is -0.309 e. The molecule has 0 saturated heterocycles. The molecule has 0 fully saturated rings. The molecule has 0 spiro atoms. The van der Waals surface area contributed by atoms with E-state index in [1.54, 1.807) is 0 Å². The monoisotopic (exact) mass is 345 g/mol. The first-order valence-corrected chi connectivity index (χ1v) is 8.40. The van der Waals surface area contributed by atoms with E-state index in [0.717, 1.165) is 30.5 Å². The van der Waals surface area contributed by atoms with Crippen LogP contribution in [0.5, 0.6) is 0 Å². The number of rotatable bonds is 8. The van der Waals surface area contributed by atoms with Crippen molar-refractivity contribution in [2.24, 2.45) is 0 Å². The third kappa shape index (κ3) is 4.46. The predicted octanol–water partition coefficient (Wildman–Crippen LogP) is 4.72. The Kier molecular flexibility index (Phi) is 8.17. The molecule has 0 unspecified atom stereocenters. The first kappa shape index (κ1) is 20.4. The van der Waals surface area contributed by atoms with Gasteiger partial charge in [0, 0.05) is 13.0 Å². The summed E-state index contributed by atoms with van der Waals surface area (Å²) in [6, 6.07) is 20.5. The number of ketones is 1. The van der Waals surface area contributed by atoms with Gasteiger partial charge < -0.3 is 4.90 Å². The predicted molar refractivity (Wildman–Crippen MR) is 104 cm³/mol. The van der Waals surface area contributed by atoms with E-state index >= 15 is 0 Å². The SMILES string of the molecule is CCCC(C(=O)CCN(C)C)(c1ccccc1)c1ccccc1.Cl. The van der Waals surface area contributed by atoms with Gasteiger partial charge in [-0.15, -0.1) is 12.4 Å². The molecule has 0 N–H and O–H groups in total. The van der Waals surface area contributed by atoms with E-state index in [2.05, 4.69) is 36.1 Å². The molecule has 0 radical (unpaired) electrons. The zero-order valence-electron chi connectivity index (χ0n) is 14.9. The smallest absolute Gasteiger partial charge is 0.149 e. The van der Waals surface area contributed by atoms with E-state index < -0.39 is 5.41 Å². The summed E-state index contributed by atoms with van der Waals surface area (Å²) in [5, 5.41) is 0. The lowest BCUT2D eigenvalue weighted by Gasteiger charge is -2.34. The van der Waals surface area contributed by atoms with Crippen LogP contribution < -0.4 is 0 Å². The molecule has 0 bridgehead atoms. The maximum absolute atomic E-state index is 13.3. The number of hydrogen-bond acceptors (Lipinski definition) is 2. The van der Waals surface area contributed by atoms with Gasteiger partial charge in [-0.3, -0.25) is 4.79 Å². The van der Waals surface area contributed by atoms with Gasteiger partial charge in [-0.1, -0.05) is 74.0 Å². The number of nitrogens with zero attached hydrogens (tertiary/aromatic N) is 1. The van der Waals surface area contributed by atoms with E-state index in [9.17, 15) is 4.79 Å². The first-order valence-electron chi connectivity index (χ1n) is 8.40. The van der Waals surface area contributed by atoms with Gasteiger partial charge in [0.05, 0.1) is 5.41 Å². The number of Topliss-reactive ketones (excluding diaryl/α,β-unsaturated/α-hetero) is 1. The van der Waals surface area contributed by atoms with Crippen LogP contribution in [0.3, 0.4) is 0 Å². The molecule has 0 aliphatic rings. The van der Waals surface area contributed by atoms with Crippen LogP contribution >= 0.6 is 12.4 Å². The molecule has 3 heteroatoms. The Morgan fingerprint density at radius 2 is 1.38 bits per heavy atom. The standard InChI is InChI=1S/C21H27NO.ClH/c1-4-16-21(18-11-7-5-8-12-18,19-13-9-6-10-14-19)20(23)15-17-22(2)3;/h5-14H,4,15-17H2,1-3H3;1H. The highest BCUT2D eigenvalue weighted by Gasteiger charge is 2.40. The van der Waals surface area contributed by atoms with Gasteiger partial charge in [0.1, 0.15) is 5.78 Å². The maximum atomic E-state index is 13.3. The van der Waals surface area contributed by atoms with Gasteiger partial charge in [-0.05, 0) is 31.6 Å². The third-order valence-electron chi connectivity index (χ3n) is 4.42. The van der Waals surface area contributed by atoms with Gasteiger partial charge in [0.15, 0.2) is 0 Å². The van der Waals surface area contributed by atoms with Crippen molar-refractivity contribution in [2.75, 3.05) is 20.6 Å². The second-order valence-corrected chi connectivity index (χ2v) is 6.36. The van der Waals surface area contributed by atoms with Gasteiger partial charge in [0.2, 0.25) is 0 Å². The second-order valence-electron chi connectivity index (χ2n) is 6.36. The summed E-state index contributed by atoms with van der Waals surface area (Å²) in [7, 11) is 4.03. The Bertz CT molecular complexity index is 571.